The van der Waals surface area contributed by atoms with Crippen molar-refractivity contribution in [2.75, 3.05) is 0 Å². The molecule has 1 aromatic carbocycles. The van der Waals surface area contributed by atoms with Crippen molar-refractivity contribution >= 4 is 11.3 Å². The van der Waals surface area contributed by atoms with Gasteiger partial charge in [-0.1, -0.05) is 6.07 Å². The monoisotopic (exact) mass is 302 g/mol. The first-order valence-corrected chi connectivity index (χ1v) is 7.61. The molecule has 0 bridgehead atoms. The molecule has 3 nitrogen and oxygen atoms in total. The van der Waals surface area contributed by atoms with E-state index in [9.17, 15) is 9.50 Å². The number of H-pyrrole nitrogens is 1. The molecule has 2 aromatic heterocycles. The summed E-state index contributed by atoms with van der Waals surface area (Å²) in [5, 5.41) is 19.3. The summed E-state index contributed by atoms with van der Waals surface area (Å²) in [5.74, 6) is -0.280. The van der Waals surface area contributed by atoms with Crippen LogP contribution >= 0.6 is 11.3 Å². The van der Waals surface area contributed by atoms with Crippen LogP contribution in [-0.2, 0) is 6.42 Å². The largest absolute Gasteiger partial charge is 0.388 e. The summed E-state index contributed by atoms with van der Waals surface area (Å²) >= 11 is 1.69. The summed E-state index contributed by atoms with van der Waals surface area (Å²) in [7, 11) is 0. The summed E-state index contributed by atoms with van der Waals surface area (Å²) in [6.07, 6.45) is 2.50. The van der Waals surface area contributed by atoms with Crippen LogP contribution in [0.5, 0.6) is 0 Å². The van der Waals surface area contributed by atoms with Gasteiger partial charge in [-0.15, -0.1) is 11.3 Å². The number of rotatable bonds is 5. The molecule has 2 N–H and O–H groups in total. The summed E-state index contributed by atoms with van der Waals surface area (Å²) in [4.78, 5) is 1.25. The Hall–Kier alpha value is -1.98. The number of aliphatic hydroxyl groups excluding tert-OH is 1. The van der Waals surface area contributed by atoms with Crippen LogP contribution in [0.2, 0.25) is 0 Å². The molecule has 108 valence electrons. The van der Waals surface area contributed by atoms with Crippen molar-refractivity contribution in [1.82, 2.24) is 10.2 Å². The van der Waals surface area contributed by atoms with Crippen LogP contribution in [-0.4, -0.2) is 15.3 Å². The predicted octanol–water partition coefficient (Wildman–Crippen LogP) is 3.94. The summed E-state index contributed by atoms with van der Waals surface area (Å²) in [6.45, 7) is 0. The number of hydrogen-bond donors (Lipinski definition) is 2. The number of thiophene rings is 1. The fourth-order valence-electron chi connectivity index (χ4n) is 2.29. The van der Waals surface area contributed by atoms with Crippen molar-refractivity contribution in [1.29, 1.82) is 0 Å². The lowest BCUT2D eigenvalue weighted by molar-refractivity contribution is 0.168. The Labute approximate surface area is 126 Å². The first-order valence-electron chi connectivity index (χ1n) is 6.73. The van der Waals surface area contributed by atoms with Crippen LogP contribution in [0, 0.1) is 5.82 Å². The minimum atomic E-state index is -0.592. The number of aliphatic hydroxyl groups is 1. The highest BCUT2D eigenvalue weighted by atomic mass is 32.1. The Morgan fingerprint density at radius 2 is 2.05 bits per heavy atom. The SMILES string of the molecule is OC(CCc1cccs1)c1cn[nH]c1-c1ccc(F)cc1. The number of halogens is 1. The van der Waals surface area contributed by atoms with Gasteiger partial charge in [0.25, 0.3) is 0 Å². The molecule has 0 spiro atoms. The Morgan fingerprint density at radius 1 is 1.24 bits per heavy atom. The zero-order chi connectivity index (χ0) is 14.7. The standard InChI is InChI=1S/C16H15FN2OS/c17-12-5-3-11(4-6-12)16-14(10-18-19-16)15(20)8-7-13-2-1-9-21-13/h1-6,9-10,15,20H,7-8H2,(H,18,19). The van der Waals surface area contributed by atoms with Crippen molar-refractivity contribution in [2.45, 2.75) is 18.9 Å². The number of nitrogens with one attached hydrogen (secondary N) is 1. The van der Waals surface area contributed by atoms with E-state index in [1.807, 2.05) is 11.4 Å². The molecule has 1 atom stereocenters. The average molecular weight is 302 g/mol. The van der Waals surface area contributed by atoms with Crippen molar-refractivity contribution in [2.24, 2.45) is 0 Å². The van der Waals surface area contributed by atoms with E-state index in [2.05, 4.69) is 16.3 Å². The van der Waals surface area contributed by atoms with Gasteiger partial charge in [0, 0.05) is 16.0 Å². The van der Waals surface area contributed by atoms with E-state index < -0.39 is 6.10 Å². The van der Waals surface area contributed by atoms with Gasteiger partial charge in [-0.3, -0.25) is 5.10 Å². The Balaban J connectivity index is 1.76. The topological polar surface area (TPSA) is 48.9 Å². The van der Waals surface area contributed by atoms with Gasteiger partial charge < -0.3 is 5.11 Å². The molecule has 0 radical (unpaired) electrons. The molecule has 0 amide bonds. The molecule has 0 aliphatic heterocycles. The van der Waals surface area contributed by atoms with Gasteiger partial charge in [0.2, 0.25) is 0 Å². The molecular formula is C16H15FN2OS. The lowest BCUT2D eigenvalue weighted by Crippen LogP contribution is -2.00. The second-order valence-corrected chi connectivity index (χ2v) is 5.87. The highest BCUT2D eigenvalue weighted by Crippen LogP contribution is 2.29. The lowest BCUT2D eigenvalue weighted by Gasteiger charge is -2.10. The quantitative estimate of drug-likeness (QED) is 0.750. The van der Waals surface area contributed by atoms with Crippen molar-refractivity contribution in [3.8, 4) is 11.3 Å². The Bertz CT molecular complexity index is 691. The third kappa shape index (κ3) is 3.20. The molecule has 5 heteroatoms. The van der Waals surface area contributed by atoms with Gasteiger partial charge in [0.05, 0.1) is 18.0 Å². The predicted molar refractivity (Wildman–Crippen MR) is 81.6 cm³/mol. The van der Waals surface area contributed by atoms with Gasteiger partial charge in [-0.05, 0) is 48.6 Å². The number of aromatic amines is 1. The minimum Gasteiger partial charge on any atom is -0.388 e. The van der Waals surface area contributed by atoms with Crippen molar-refractivity contribution in [3.63, 3.8) is 0 Å². The fraction of sp³-hybridized carbons (Fsp3) is 0.188. The maximum Gasteiger partial charge on any atom is 0.123 e. The zero-order valence-corrected chi connectivity index (χ0v) is 12.1. The van der Waals surface area contributed by atoms with Crippen LogP contribution in [0.4, 0.5) is 4.39 Å². The Morgan fingerprint density at radius 3 is 2.76 bits per heavy atom. The molecular weight excluding hydrogens is 287 g/mol. The van der Waals surface area contributed by atoms with Crippen LogP contribution in [0.25, 0.3) is 11.3 Å². The third-order valence-electron chi connectivity index (χ3n) is 3.40. The summed E-state index contributed by atoms with van der Waals surface area (Å²) < 4.78 is 13.0. The molecule has 1 unspecified atom stereocenters. The normalized spacial score (nSPS) is 12.5. The maximum absolute atomic E-state index is 13.0. The number of aromatic nitrogens is 2. The van der Waals surface area contributed by atoms with Crippen LogP contribution in [0.15, 0.2) is 48.0 Å². The summed E-state index contributed by atoms with van der Waals surface area (Å²) in [6, 6.07) is 10.2. The van der Waals surface area contributed by atoms with E-state index >= 15 is 0 Å². The van der Waals surface area contributed by atoms with Crippen LogP contribution in [0.1, 0.15) is 23.0 Å². The lowest BCUT2D eigenvalue weighted by atomic mass is 10.0. The highest BCUT2D eigenvalue weighted by Gasteiger charge is 2.16. The van der Waals surface area contributed by atoms with Crippen LogP contribution in [0.3, 0.4) is 0 Å². The maximum atomic E-state index is 13.0. The van der Waals surface area contributed by atoms with E-state index in [1.54, 1.807) is 29.7 Å². The van der Waals surface area contributed by atoms with E-state index in [-0.39, 0.29) is 5.82 Å². The van der Waals surface area contributed by atoms with Gasteiger partial charge >= 0.3 is 0 Å². The molecule has 0 saturated heterocycles. The number of benzene rings is 1. The number of aryl methyl sites for hydroxylation is 1. The molecule has 2 heterocycles. The van der Waals surface area contributed by atoms with Gasteiger partial charge in [-0.2, -0.15) is 5.10 Å². The zero-order valence-electron chi connectivity index (χ0n) is 11.3. The molecule has 3 rings (SSSR count). The van der Waals surface area contributed by atoms with E-state index in [4.69, 9.17) is 0 Å². The minimum absolute atomic E-state index is 0.280. The smallest absolute Gasteiger partial charge is 0.123 e. The average Bonchev–Trinajstić information content (AvgIpc) is 3.17. The van der Waals surface area contributed by atoms with Gasteiger partial charge in [0.15, 0.2) is 0 Å². The van der Waals surface area contributed by atoms with Gasteiger partial charge in [0.1, 0.15) is 5.82 Å². The van der Waals surface area contributed by atoms with Crippen LogP contribution < -0.4 is 0 Å². The van der Waals surface area contributed by atoms with Gasteiger partial charge in [-0.25, -0.2) is 4.39 Å². The van der Waals surface area contributed by atoms with E-state index in [0.29, 0.717) is 6.42 Å². The molecule has 0 aliphatic rings. The van der Waals surface area contributed by atoms with Crippen molar-refractivity contribution in [3.05, 3.63) is 64.2 Å². The second-order valence-electron chi connectivity index (χ2n) is 4.84. The summed E-state index contributed by atoms with van der Waals surface area (Å²) in [5.41, 5.74) is 2.31. The molecule has 3 aromatic rings. The van der Waals surface area contributed by atoms with E-state index in [0.717, 1.165) is 23.2 Å². The Kier molecular flexibility index (Phi) is 4.13. The molecule has 0 saturated carbocycles. The first kappa shape index (κ1) is 14.0. The third-order valence-corrected chi connectivity index (χ3v) is 4.34. The molecule has 0 fully saturated rings. The van der Waals surface area contributed by atoms with E-state index in [1.165, 1.54) is 17.0 Å². The first-order chi connectivity index (χ1) is 10.2. The molecule has 0 aliphatic carbocycles. The molecule has 21 heavy (non-hydrogen) atoms. The van der Waals surface area contributed by atoms with Crippen molar-refractivity contribution < 1.29 is 9.50 Å². The number of nitrogens with zero attached hydrogens (tertiary/aromatic N) is 1. The fourth-order valence-corrected chi connectivity index (χ4v) is 3.01. The highest BCUT2D eigenvalue weighted by molar-refractivity contribution is 7.09. The number of hydrogen-bond acceptors (Lipinski definition) is 3. The second kappa shape index (κ2) is 6.20.